The molecule has 3 rings (SSSR count). The molecule has 0 bridgehead atoms. The standard InChI is InChI=1S/C18H25N5O3/c1-13-17(14(2)26-21-13)18(25)23-8-4-7-22(9-10-23)16(24)6-3-5-15-11-19-20-12-15/h11-12H,3-10H2,1-2H3,(H,19,20). The molecule has 2 amide bonds. The second kappa shape index (κ2) is 8.16. The van der Waals surface area contributed by atoms with Gasteiger partial charge >= 0.3 is 0 Å². The molecule has 0 radical (unpaired) electrons. The highest BCUT2D eigenvalue weighted by Crippen LogP contribution is 2.17. The van der Waals surface area contributed by atoms with Gasteiger partial charge in [-0.25, -0.2) is 0 Å². The summed E-state index contributed by atoms with van der Waals surface area (Å²) in [7, 11) is 0. The minimum Gasteiger partial charge on any atom is -0.361 e. The molecule has 26 heavy (non-hydrogen) atoms. The minimum atomic E-state index is -0.0597. The third kappa shape index (κ3) is 4.12. The van der Waals surface area contributed by atoms with E-state index in [2.05, 4.69) is 15.4 Å². The van der Waals surface area contributed by atoms with Crippen LogP contribution in [0.15, 0.2) is 16.9 Å². The Morgan fingerprint density at radius 2 is 1.96 bits per heavy atom. The number of aromatic nitrogens is 3. The lowest BCUT2D eigenvalue weighted by molar-refractivity contribution is -0.131. The quantitative estimate of drug-likeness (QED) is 0.877. The monoisotopic (exact) mass is 359 g/mol. The molecule has 140 valence electrons. The van der Waals surface area contributed by atoms with Crippen molar-refractivity contribution in [2.24, 2.45) is 0 Å². The van der Waals surface area contributed by atoms with Crippen molar-refractivity contribution in [3.05, 3.63) is 35.0 Å². The topological polar surface area (TPSA) is 95.3 Å². The van der Waals surface area contributed by atoms with E-state index in [0.717, 1.165) is 24.8 Å². The van der Waals surface area contributed by atoms with E-state index in [1.807, 2.05) is 11.1 Å². The largest absolute Gasteiger partial charge is 0.361 e. The summed E-state index contributed by atoms with van der Waals surface area (Å²) >= 11 is 0. The summed E-state index contributed by atoms with van der Waals surface area (Å²) < 4.78 is 5.10. The minimum absolute atomic E-state index is 0.0597. The predicted octanol–water partition coefficient (Wildman–Crippen LogP) is 1.71. The number of nitrogens with one attached hydrogen (secondary N) is 1. The Morgan fingerprint density at radius 1 is 1.19 bits per heavy atom. The number of hydrogen-bond acceptors (Lipinski definition) is 5. The molecular weight excluding hydrogens is 334 g/mol. The summed E-state index contributed by atoms with van der Waals surface area (Å²) in [6.45, 7) is 5.96. The second-order valence-corrected chi connectivity index (χ2v) is 6.69. The molecule has 0 aliphatic carbocycles. The Hall–Kier alpha value is -2.64. The van der Waals surface area contributed by atoms with Crippen molar-refractivity contribution in [2.45, 2.75) is 39.5 Å². The average molecular weight is 359 g/mol. The highest BCUT2D eigenvalue weighted by molar-refractivity contribution is 5.96. The second-order valence-electron chi connectivity index (χ2n) is 6.69. The fourth-order valence-electron chi connectivity index (χ4n) is 3.33. The molecule has 1 saturated heterocycles. The van der Waals surface area contributed by atoms with E-state index in [9.17, 15) is 9.59 Å². The van der Waals surface area contributed by atoms with Crippen molar-refractivity contribution in [3.63, 3.8) is 0 Å². The number of rotatable bonds is 5. The summed E-state index contributed by atoms with van der Waals surface area (Å²) in [4.78, 5) is 28.9. The van der Waals surface area contributed by atoms with Gasteiger partial charge in [0.2, 0.25) is 5.91 Å². The van der Waals surface area contributed by atoms with Crippen LogP contribution in [0.3, 0.4) is 0 Å². The number of carbonyl (C=O) groups excluding carboxylic acids is 2. The zero-order valence-corrected chi connectivity index (χ0v) is 15.3. The van der Waals surface area contributed by atoms with Crippen LogP contribution in [0, 0.1) is 13.8 Å². The van der Waals surface area contributed by atoms with Gasteiger partial charge in [-0.15, -0.1) is 0 Å². The number of carbonyl (C=O) groups is 2. The lowest BCUT2D eigenvalue weighted by Gasteiger charge is -2.22. The van der Waals surface area contributed by atoms with Gasteiger partial charge in [0, 0.05) is 38.8 Å². The van der Waals surface area contributed by atoms with Crippen molar-refractivity contribution >= 4 is 11.8 Å². The number of nitrogens with zero attached hydrogens (tertiary/aromatic N) is 4. The van der Waals surface area contributed by atoms with Crippen LogP contribution in [0.1, 0.15) is 46.6 Å². The van der Waals surface area contributed by atoms with Crippen molar-refractivity contribution in [1.29, 1.82) is 0 Å². The van der Waals surface area contributed by atoms with Gasteiger partial charge in [-0.2, -0.15) is 5.10 Å². The first-order valence-corrected chi connectivity index (χ1v) is 9.04. The van der Waals surface area contributed by atoms with Crippen molar-refractivity contribution in [1.82, 2.24) is 25.2 Å². The zero-order chi connectivity index (χ0) is 18.5. The smallest absolute Gasteiger partial charge is 0.259 e. The molecule has 0 spiro atoms. The molecule has 1 fully saturated rings. The van der Waals surface area contributed by atoms with Crippen LogP contribution in [0.5, 0.6) is 0 Å². The third-order valence-electron chi connectivity index (χ3n) is 4.79. The van der Waals surface area contributed by atoms with E-state index < -0.39 is 0 Å². The molecular formula is C18H25N5O3. The molecule has 0 unspecified atom stereocenters. The highest BCUT2D eigenvalue weighted by atomic mass is 16.5. The SMILES string of the molecule is Cc1noc(C)c1C(=O)N1CCCN(C(=O)CCCc2cn[nH]c2)CC1. The average Bonchev–Trinajstić information content (AvgIpc) is 3.16. The van der Waals surface area contributed by atoms with Gasteiger partial charge in [0.15, 0.2) is 0 Å². The van der Waals surface area contributed by atoms with Crippen LogP contribution < -0.4 is 0 Å². The number of hydrogen-bond donors (Lipinski definition) is 1. The fraction of sp³-hybridized carbons (Fsp3) is 0.556. The third-order valence-corrected chi connectivity index (χ3v) is 4.79. The maximum absolute atomic E-state index is 12.7. The maximum Gasteiger partial charge on any atom is 0.259 e. The lowest BCUT2D eigenvalue weighted by Crippen LogP contribution is -2.37. The summed E-state index contributed by atoms with van der Waals surface area (Å²) in [5, 5.41) is 10.6. The van der Waals surface area contributed by atoms with Gasteiger partial charge in [0.05, 0.1) is 11.9 Å². The summed E-state index contributed by atoms with van der Waals surface area (Å²) in [5.74, 6) is 0.638. The Bertz CT molecular complexity index is 733. The fourth-order valence-corrected chi connectivity index (χ4v) is 3.33. The first-order valence-electron chi connectivity index (χ1n) is 9.04. The lowest BCUT2D eigenvalue weighted by atomic mass is 10.1. The van der Waals surface area contributed by atoms with E-state index >= 15 is 0 Å². The van der Waals surface area contributed by atoms with E-state index in [0.29, 0.717) is 49.6 Å². The van der Waals surface area contributed by atoms with Gasteiger partial charge in [0.25, 0.3) is 5.91 Å². The first kappa shape index (κ1) is 18.2. The normalized spacial score (nSPS) is 15.2. The Morgan fingerprint density at radius 3 is 2.65 bits per heavy atom. The maximum atomic E-state index is 12.7. The summed E-state index contributed by atoms with van der Waals surface area (Å²) in [6.07, 6.45) is 6.58. The number of aromatic amines is 1. The highest BCUT2D eigenvalue weighted by Gasteiger charge is 2.26. The molecule has 8 nitrogen and oxygen atoms in total. The van der Waals surface area contributed by atoms with Crippen LogP contribution in [0.4, 0.5) is 0 Å². The van der Waals surface area contributed by atoms with E-state index in [1.165, 1.54) is 0 Å². The van der Waals surface area contributed by atoms with Crippen LogP contribution in [0.2, 0.25) is 0 Å². The Kier molecular flexibility index (Phi) is 5.70. The van der Waals surface area contributed by atoms with Crippen LogP contribution in [0.25, 0.3) is 0 Å². The van der Waals surface area contributed by atoms with Gasteiger partial charge in [-0.3, -0.25) is 14.7 Å². The van der Waals surface area contributed by atoms with Crippen molar-refractivity contribution < 1.29 is 14.1 Å². The van der Waals surface area contributed by atoms with Gasteiger partial charge in [-0.1, -0.05) is 5.16 Å². The number of H-pyrrole nitrogens is 1. The van der Waals surface area contributed by atoms with Gasteiger partial charge in [0.1, 0.15) is 11.3 Å². The van der Waals surface area contributed by atoms with Crippen LogP contribution in [-0.2, 0) is 11.2 Å². The van der Waals surface area contributed by atoms with E-state index in [-0.39, 0.29) is 11.8 Å². The molecule has 1 N–H and O–H groups in total. The molecule has 2 aromatic heterocycles. The Labute approximate surface area is 152 Å². The molecule has 0 saturated carbocycles. The van der Waals surface area contributed by atoms with E-state index in [4.69, 9.17) is 4.52 Å². The van der Waals surface area contributed by atoms with E-state index in [1.54, 1.807) is 24.9 Å². The molecule has 0 atom stereocenters. The van der Waals surface area contributed by atoms with Crippen molar-refractivity contribution in [3.8, 4) is 0 Å². The summed E-state index contributed by atoms with van der Waals surface area (Å²) in [6, 6.07) is 0. The molecule has 1 aliphatic heterocycles. The molecule has 8 heteroatoms. The van der Waals surface area contributed by atoms with Gasteiger partial charge in [-0.05, 0) is 38.7 Å². The van der Waals surface area contributed by atoms with Crippen molar-refractivity contribution in [2.75, 3.05) is 26.2 Å². The number of aryl methyl sites for hydroxylation is 3. The van der Waals surface area contributed by atoms with Crippen LogP contribution >= 0.6 is 0 Å². The molecule has 3 heterocycles. The first-order chi connectivity index (χ1) is 12.6. The van der Waals surface area contributed by atoms with Crippen LogP contribution in [-0.4, -0.2) is 63.1 Å². The zero-order valence-electron chi connectivity index (χ0n) is 15.3. The summed E-state index contributed by atoms with van der Waals surface area (Å²) in [5.41, 5.74) is 2.28. The van der Waals surface area contributed by atoms with Gasteiger partial charge < -0.3 is 14.3 Å². The predicted molar refractivity (Wildman–Crippen MR) is 94.6 cm³/mol. The Balaban J connectivity index is 1.51. The molecule has 1 aliphatic rings. The number of amides is 2. The molecule has 2 aromatic rings. The molecule has 0 aromatic carbocycles.